The lowest BCUT2D eigenvalue weighted by molar-refractivity contribution is -0.137. The molecule has 0 aromatic heterocycles. The van der Waals surface area contributed by atoms with Gasteiger partial charge in [0.2, 0.25) is 0 Å². The van der Waals surface area contributed by atoms with Crippen LogP contribution in [0.4, 0.5) is 13.2 Å². The Balaban J connectivity index is 3.06. The van der Waals surface area contributed by atoms with Crippen molar-refractivity contribution >= 4 is 0 Å². The van der Waals surface area contributed by atoms with E-state index in [2.05, 4.69) is 6.07 Å². The van der Waals surface area contributed by atoms with Gasteiger partial charge in [0.05, 0.1) is 5.56 Å². The largest absolute Gasteiger partial charge is 0.416 e. The predicted octanol–water partition coefficient (Wildman–Crippen LogP) is 3.63. The Kier molecular flexibility index (Phi) is 2.64. The van der Waals surface area contributed by atoms with E-state index in [1.165, 1.54) is 6.07 Å². The Hall–Kier alpha value is -0.990. The Morgan fingerprint density at radius 3 is 2.38 bits per heavy atom. The molecular weight excluding hydrogens is 177 g/mol. The Morgan fingerprint density at radius 2 is 1.92 bits per heavy atom. The normalized spacial score (nSPS) is 12.2. The van der Waals surface area contributed by atoms with Crippen LogP contribution < -0.4 is 0 Å². The molecule has 0 saturated carbocycles. The molecule has 0 bridgehead atoms. The number of rotatable bonds is 1. The third-order valence-electron chi connectivity index (χ3n) is 1.77. The lowest BCUT2D eigenvalue weighted by Crippen LogP contribution is -2.05. The molecule has 0 fully saturated rings. The molecule has 13 heavy (non-hydrogen) atoms. The van der Waals surface area contributed by atoms with Crippen molar-refractivity contribution in [2.24, 2.45) is 0 Å². The first kappa shape index (κ1) is 10.1. The first-order valence-electron chi connectivity index (χ1n) is 4.00. The standard InChI is InChI=1S/C10H10F3/c1-7(2)8-4-3-5-9(6-8)10(11,12)13/h3,5-7H,1-2H3. The topological polar surface area (TPSA) is 0 Å². The van der Waals surface area contributed by atoms with Crippen molar-refractivity contribution in [3.63, 3.8) is 0 Å². The summed E-state index contributed by atoms with van der Waals surface area (Å²) in [5.41, 5.74) is -0.00947. The molecule has 71 valence electrons. The second-order valence-electron chi connectivity index (χ2n) is 3.19. The molecule has 0 aliphatic heterocycles. The highest BCUT2D eigenvalue weighted by Crippen LogP contribution is 2.30. The van der Waals surface area contributed by atoms with Crippen LogP contribution in [0.3, 0.4) is 0 Å². The highest BCUT2D eigenvalue weighted by atomic mass is 19.4. The van der Waals surface area contributed by atoms with Gasteiger partial charge in [0, 0.05) is 0 Å². The van der Waals surface area contributed by atoms with Gasteiger partial charge >= 0.3 is 6.18 Å². The van der Waals surface area contributed by atoms with Crippen molar-refractivity contribution in [1.82, 2.24) is 0 Å². The van der Waals surface area contributed by atoms with E-state index < -0.39 is 11.7 Å². The number of hydrogen-bond donors (Lipinski definition) is 0. The molecule has 0 atom stereocenters. The number of benzene rings is 1. The molecule has 0 N–H and O–H groups in total. The van der Waals surface area contributed by atoms with E-state index in [-0.39, 0.29) is 5.92 Å². The van der Waals surface area contributed by atoms with E-state index in [0.29, 0.717) is 5.56 Å². The lowest BCUT2D eigenvalue weighted by Gasteiger charge is -2.09. The minimum Gasteiger partial charge on any atom is -0.166 e. The first-order chi connectivity index (χ1) is 5.91. The van der Waals surface area contributed by atoms with Crippen LogP contribution in [0.5, 0.6) is 0 Å². The zero-order valence-corrected chi connectivity index (χ0v) is 7.44. The maximum atomic E-state index is 12.2. The van der Waals surface area contributed by atoms with Gasteiger partial charge in [-0.25, -0.2) is 0 Å². The molecule has 0 amide bonds. The molecule has 1 rings (SSSR count). The summed E-state index contributed by atoms with van der Waals surface area (Å²) in [6, 6.07) is 6.28. The zero-order valence-electron chi connectivity index (χ0n) is 7.44. The molecule has 0 unspecified atom stereocenters. The van der Waals surface area contributed by atoms with Crippen LogP contribution in [-0.4, -0.2) is 0 Å². The average Bonchev–Trinajstić information content (AvgIpc) is 2.03. The fourth-order valence-corrected chi connectivity index (χ4v) is 0.995. The summed E-state index contributed by atoms with van der Waals surface area (Å²) in [6.07, 6.45) is -4.25. The summed E-state index contributed by atoms with van der Waals surface area (Å²) < 4.78 is 36.7. The first-order valence-corrected chi connectivity index (χ1v) is 4.00. The molecule has 0 aliphatic carbocycles. The van der Waals surface area contributed by atoms with Crippen molar-refractivity contribution in [2.45, 2.75) is 25.9 Å². The van der Waals surface area contributed by atoms with E-state index in [9.17, 15) is 13.2 Å². The summed E-state index contributed by atoms with van der Waals surface area (Å²) in [4.78, 5) is 0. The average molecular weight is 187 g/mol. The summed E-state index contributed by atoms with van der Waals surface area (Å²) in [7, 11) is 0. The molecule has 0 spiro atoms. The molecule has 0 aliphatic rings. The Labute approximate surface area is 75.4 Å². The molecule has 1 radical (unpaired) electrons. The molecule has 1 aromatic carbocycles. The summed E-state index contributed by atoms with van der Waals surface area (Å²) in [5.74, 6) is 0.0716. The third kappa shape index (κ3) is 2.47. The molecule has 0 saturated heterocycles. The summed E-state index contributed by atoms with van der Waals surface area (Å²) in [6.45, 7) is 3.68. The molecule has 1 aromatic rings. The smallest absolute Gasteiger partial charge is 0.166 e. The summed E-state index contributed by atoms with van der Waals surface area (Å²) in [5, 5.41) is 0. The van der Waals surface area contributed by atoms with Gasteiger partial charge in [-0.05, 0) is 29.7 Å². The van der Waals surface area contributed by atoms with Crippen molar-refractivity contribution in [3.8, 4) is 0 Å². The number of halogens is 3. The van der Waals surface area contributed by atoms with Crippen LogP contribution >= 0.6 is 0 Å². The van der Waals surface area contributed by atoms with Crippen LogP contribution in [0, 0.1) is 6.07 Å². The highest BCUT2D eigenvalue weighted by molar-refractivity contribution is 5.26. The van der Waals surface area contributed by atoms with Crippen LogP contribution in [-0.2, 0) is 6.18 Å². The minimum absolute atomic E-state index is 0.0716. The fourth-order valence-electron chi connectivity index (χ4n) is 0.995. The molecular formula is C10H10F3. The van der Waals surface area contributed by atoms with Gasteiger partial charge in [-0.15, -0.1) is 0 Å². The monoisotopic (exact) mass is 187 g/mol. The van der Waals surface area contributed by atoms with Crippen LogP contribution in [0.15, 0.2) is 18.2 Å². The quantitative estimate of drug-likeness (QED) is 0.629. The SMILES string of the molecule is CC(C)c1[c]ccc(C(F)(F)F)c1. The van der Waals surface area contributed by atoms with Crippen LogP contribution in [0.2, 0.25) is 0 Å². The van der Waals surface area contributed by atoms with Gasteiger partial charge < -0.3 is 0 Å². The van der Waals surface area contributed by atoms with Crippen LogP contribution in [0.1, 0.15) is 30.9 Å². The van der Waals surface area contributed by atoms with E-state index in [4.69, 9.17) is 0 Å². The highest BCUT2D eigenvalue weighted by Gasteiger charge is 2.30. The Morgan fingerprint density at radius 1 is 1.31 bits per heavy atom. The van der Waals surface area contributed by atoms with E-state index >= 15 is 0 Å². The van der Waals surface area contributed by atoms with Crippen molar-refractivity contribution in [2.75, 3.05) is 0 Å². The van der Waals surface area contributed by atoms with E-state index in [1.54, 1.807) is 0 Å². The van der Waals surface area contributed by atoms with Crippen molar-refractivity contribution in [3.05, 3.63) is 35.4 Å². The number of hydrogen-bond acceptors (Lipinski definition) is 0. The van der Waals surface area contributed by atoms with Gasteiger partial charge in [0.1, 0.15) is 0 Å². The van der Waals surface area contributed by atoms with Gasteiger partial charge in [-0.1, -0.05) is 19.9 Å². The van der Waals surface area contributed by atoms with E-state index in [1.807, 2.05) is 13.8 Å². The number of alkyl halides is 3. The van der Waals surface area contributed by atoms with Crippen molar-refractivity contribution in [1.29, 1.82) is 0 Å². The zero-order chi connectivity index (χ0) is 10.1. The maximum Gasteiger partial charge on any atom is 0.416 e. The second kappa shape index (κ2) is 3.40. The van der Waals surface area contributed by atoms with Gasteiger partial charge in [-0.2, -0.15) is 13.2 Å². The molecule has 0 nitrogen and oxygen atoms in total. The van der Waals surface area contributed by atoms with Crippen molar-refractivity contribution < 1.29 is 13.2 Å². The second-order valence-corrected chi connectivity index (χ2v) is 3.19. The Bertz CT molecular complexity index is 286. The van der Waals surface area contributed by atoms with Gasteiger partial charge in [-0.3, -0.25) is 0 Å². The van der Waals surface area contributed by atoms with Gasteiger partial charge in [0.15, 0.2) is 0 Å². The van der Waals surface area contributed by atoms with Crippen LogP contribution in [0.25, 0.3) is 0 Å². The van der Waals surface area contributed by atoms with E-state index in [0.717, 1.165) is 12.1 Å². The summed E-state index contributed by atoms with van der Waals surface area (Å²) >= 11 is 0. The lowest BCUT2D eigenvalue weighted by atomic mass is 10.0. The molecule has 0 heterocycles. The fraction of sp³-hybridized carbons (Fsp3) is 0.400. The third-order valence-corrected chi connectivity index (χ3v) is 1.77. The molecule has 3 heteroatoms. The minimum atomic E-state index is -4.25. The van der Waals surface area contributed by atoms with Gasteiger partial charge in [0.25, 0.3) is 0 Å². The predicted molar refractivity (Wildman–Crippen MR) is 44.4 cm³/mol. The maximum absolute atomic E-state index is 12.2.